The molecule has 3 heterocycles. The third-order valence-corrected chi connectivity index (χ3v) is 4.32. The molecule has 0 bridgehead atoms. The third kappa shape index (κ3) is 5.24. The van der Waals surface area contributed by atoms with Gasteiger partial charge in [0.1, 0.15) is 0 Å². The maximum Gasteiger partial charge on any atom is 0.267 e. The average molecular weight is 379 g/mol. The van der Waals surface area contributed by atoms with Gasteiger partial charge in [-0.1, -0.05) is 6.07 Å². The summed E-state index contributed by atoms with van der Waals surface area (Å²) in [5.74, 6) is -0.694. The van der Waals surface area contributed by atoms with E-state index in [9.17, 15) is 9.59 Å². The van der Waals surface area contributed by atoms with E-state index in [2.05, 4.69) is 14.9 Å². The number of carbonyl (C=O) groups excluding carboxylic acids is 2. The van der Waals surface area contributed by atoms with Crippen LogP contribution >= 0.6 is 0 Å². The fraction of sp³-hybridized carbons (Fsp3) is 0.200. The molecule has 1 aliphatic heterocycles. The number of nitrogens with one attached hydrogen (secondary N) is 1. The first-order valence-electron chi connectivity index (χ1n) is 8.87. The number of carbonyl (C=O) groups is 2. The molecular weight excluding hydrogens is 358 g/mol. The number of hydrogen-bond donors (Lipinski definition) is 2. The molecule has 28 heavy (non-hydrogen) atoms. The molecule has 8 heteroatoms. The number of rotatable bonds is 5. The Kier molecular flexibility index (Phi) is 6.48. The number of anilines is 1. The van der Waals surface area contributed by atoms with E-state index in [1.807, 2.05) is 17.0 Å². The molecule has 0 aromatic carbocycles. The van der Waals surface area contributed by atoms with Crippen molar-refractivity contribution in [3.05, 3.63) is 66.3 Å². The molecule has 3 rings (SSSR count). The van der Waals surface area contributed by atoms with Crippen LogP contribution in [0.15, 0.2) is 54.9 Å². The monoisotopic (exact) mass is 379 g/mol. The summed E-state index contributed by atoms with van der Waals surface area (Å²) in [6.07, 6.45) is 9.34. The predicted molar refractivity (Wildman–Crippen MR) is 105 cm³/mol. The number of piperazine rings is 1. The van der Waals surface area contributed by atoms with Gasteiger partial charge in [0.05, 0.1) is 11.4 Å². The van der Waals surface area contributed by atoms with Gasteiger partial charge in [-0.15, -0.1) is 0 Å². The Morgan fingerprint density at radius 3 is 2.25 bits per heavy atom. The van der Waals surface area contributed by atoms with E-state index in [1.165, 1.54) is 23.7 Å². The quantitative estimate of drug-likeness (QED) is 0.462. The Labute approximate surface area is 162 Å². The van der Waals surface area contributed by atoms with E-state index >= 15 is 0 Å². The summed E-state index contributed by atoms with van der Waals surface area (Å²) in [5.41, 5.74) is 3.78. The summed E-state index contributed by atoms with van der Waals surface area (Å²) in [5, 5.41) is 8.49. The first kappa shape index (κ1) is 19.2. The standard InChI is InChI=1S/C20H21N5O3/c26-19(23-28)6-4-16-2-1-3-17(22-16)5-7-20(27)25-14-12-24(13-15-25)18-8-10-21-11-9-18/h1-11,28H,12-15H2,(H,23,26)/b6-4+,7-5+. The first-order chi connectivity index (χ1) is 13.7. The number of pyridine rings is 2. The van der Waals surface area contributed by atoms with E-state index < -0.39 is 5.91 Å². The molecule has 8 nitrogen and oxygen atoms in total. The fourth-order valence-electron chi connectivity index (χ4n) is 2.85. The minimum Gasteiger partial charge on any atom is -0.368 e. The molecule has 1 saturated heterocycles. The second kappa shape index (κ2) is 9.43. The lowest BCUT2D eigenvalue weighted by Gasteiger charge is -2.35. The van der Waals surface area contributed by atoms with Crippen LogP contribution in [0.5, 0.6) is 0 Å². The van der Waals surface area contributed by atoms with Crippen molar-refractivity contribution < 1.29 is 14.8 Å². The van der Waals surface area contributed by atoms with Crippen LogP contribution in [-0.4, -0.2) is 58.1 Å². The van der Waals surface area contributed by atoms with Crippen molar-refractivity contribution in [2.45, 2.75) is 0 Å². The van der Waals surface area contributed by atoms with E-state index in [1.54, 1.807) is 36.7 Å². The van der Waals surface area contributed by atoms with Gasteiger partial charge in [0.15, 0.2) is 0 Å². The van der Waals surface area contributed by atoms with E-state index in [0.717, 1.165) is 18.8 Å². The maximum atomic E-state index is 12.4. The van der Waals surface area contributed by atoms with E-state index in [0.29, 0.717) is 24.5 Å². The van der Waals surface area contributed by atoms with Gasteiger partial charge in [0, 0.05) is 56.4 Å². The Bertz CT molecular complexity index is 874. The van der Waals surface area contributed by atoms with Gasteiger partial charge in [-0.3, -0.25) is 19.8 Å². The smallest absolute Gasteiger partial charge is 0.267 e. The van der Waals surface area contributed by atoms with Crippen LogP contribution in [-0.2, 0) is 9.59 Å². The number of aromatic nitrogens is 2. The zero-order valence-electron chi connectivity index (χ0n) is 15.2. The Morgan fingerprint density at radius 1 is 0.964 bits per heavy atom. The normalized spacial score (nSPS) is 14.6. The zero-order valence-corrected chi connectivity index (χ0v) is 15.2. The van der Waals surface area contributed by atoms with Crippen LogP contribution in [0.1, 0.15) is 11.4 Å². The summed E-state index contributed by atoms with van der Waals surface area (Å²) >= 11 is 0. The topological polar surface area (TPSA) is 98.7 Å². The minimum atomic E-state index is -0.635. The van der Waals surface area contributed by atoms with Crippen molar-refractivity contribution in [2.75, 3.05) is 31.1 Å². The number of amides is 2. The maximum absolute atomic E-state index is 12.4. The third-order valence-electron chi connectivity index (χ3n) is 4.32. The van der Waals surface area contributed by atoms with E-state index in [4.69, 9.17) is 5.21 Å². The lowest BCUT2D eigenvalue weighted by atomic mass is 10.2. The van der Waals surface area contributed by atoms with Crippen molar-refractivity contribution in [1.82, 2.24) is 20.3 Å². The highest BCUT2D eigenvalue weighted by atomic mass is 16.5. The molecule has 0 saturated carbocycles. The van der Waals surface area contributed by atoms with Crippen LogP contribution in [0.25, 0.3) is 12.2 Å². The minimum absolute atomic E-state index is 0.0585. The van der Waals surface area contributed by atoms with Crippen molar-refractivity contribution in [3.63, 3.8) is 0 Å². The summed E-state index contributed by atoms with van der Waals surface area (Å²) in [6.45, 7) is 2.85. The highest BCUT2D eigenvalue weighted by molar-refractivity contribution is 5.92. The second-order valence-electron chi connectivity index (χ2n) is 6.15. The lowest BCUT2D eigenvalue weighted by molar-refractivity contribution is -0.126. The van der Waals surface area contributed by atoms with Gasteiger partial charge in [0.25, 0.3) is 5.91 Å². The van der Waals surface area contributed by atoms with Crippen molar-refractivity contribution >= 4 is 29.7 Å². The van der Waals surface area contributed by atoms with Crippen LogP contribution in [0, 0.1) is 0 Å². The first-order valence-corrected chi connectivity index (χ1v) is 8.87. The van der Waals surface area contributed by atoms with Crippen LogP contribution in [0.3, 0.4) is 0 Å². The lowest BCUT2D eigenvalue weighted by Crippen LogP contribution is -2.48. The van der Waals surface area contributed by atoms with Crippen LogP contribution in [0.4, 0.5) is 5.69 Å². The van der Waals surface area contributed by atoms with E-state index in [-0.39, 0.29) is 5.91 Å². The largest absolute Gasteiger partial charge is 0.368 e. The van der Waals surface area contributed by atoms with Gasteiger partial charge in [-0.05, 0) is 36.4 Å². The summed E-state index contributed by atoms with van der Waals surface area (Å²) < 4.78 is 0. The highest BCUT2D eigenvalue weighted by Crippen LogP contribution is 2.15. The molecule has 0 spiro atoms. The predicted octanol–water partition coefficient (Wildman–Crippen LogP) is 1.36. The SMILES string of the molecule is O=C(/C=C/c1cccc(/C=C/C(=O)N2CCN(c3ccncc3)CC2)n1)NO. The molecule has 0 aliphatic carbocycles. The van der Waals surface area contributed by atoms with Crippen molar-refractivity contribution in [2.24, 2.45) is 0 Å². The van der Waals surface area contributed by atoms with Gasteiger partial charge in [0.2, 0.25) is 5.91 Å². The molecule has 2 aromatic heterocycles. The van der Waals surface area contributed by atoms with Gasteiger partial charge >= 0.3 is 0 Å². The molecule has 144 valence electrons. The zero-order chi connectivity index (χ0) is 19.8. The molecular formula is C20H21N5O3. The molecule has 1 aliphatic rings. The molecule has 0 radical (unpaired) electrons. The molecule has 2 aromatic rings. The summed E-state index contributed by atoms with van der Waals surface area (Å²) in [6, 6.07) is 9.21. The summed E-state index contributed by atoms with van der Waals surface area (Å²) in [4.78, 5) is 35.9. The Morgan fingerprint density at radius 2 is 1.61 bits per heavy atom. The number of hydroxylamine groups is 1. The Hall–Kier alpha value is -3.52. The second-order valence-corrected chi connectivity index (χ2v) is 6.15. The van der Waals surface area contributed by atoms with Gasteiger partial charge in [-0.25, -0.2) is 10.5 Å². The number of nitrogens with zero attached hydrogens (tertiary/aromatic N) is 4. The van der Waals surface area contributed by atoms with Crippen LogP contribution in [0.2, 0.25) is 0 Å². The fourth-order valence-corrected chi connectivity index (χ4v) is 2.85. The molecule has 2 amide bonds. The van der Waals surface area contributed by atoms with Gasteiger partial charge in [-0.2, -0.15) is 0 Å². The molecule has 1 fully saturated rings. The van der Waals surface area contributed by atoms with Gasteiger partial charge < -0.3 is 9.80 Å². The molecule has 2 N–H and O–H groups in total. The average Bonchev–Trinajstić information content (AvgIpc) is 2.76. The van der Waals surface area contributed by atoms with Crippen molar-refractivity contribution in [1.29, 1.82) is 0 Å². The number of hydrogen-bond acceptors (Lipinski definition) is 6. The highest BCUT2D eigenvalue weighted by Gasteiger charge is 2.19. The van der Waals surface area contributed by atoms with Crippen LogP contribution < -0.4 is 10.4 Å². The Balaban J connectivity index is 1.56. The summed E-state index contributed by atoms with van der Waals surface area (Å²) in [7, 11) is 0. The molecule has 0 unspecified atom stereocenters. The van der Waals surface area contributed by atoms with Crippen molar-refractivity contribution in [3.8, 4) is 0 Å². The molecule has 0 atom stereocenters.